The second-order valence-corrected chi connectivity index (χ2v) is 16.3. The third kappa shape index (κ3) is 12.8. The molecule has 0 aliphatic heterocycles. The number of ether oxygens (including phenoxy) is 1. The van der Waals surface area contributed by atoms with Gasteiger partial charge in [0.15, 0.2) is 23.8 Å². The van der Waals surface area contributed by atoms with E-state index in [1.165, 1.54) is 46.5 Å². The number of non-ortho nitro benzene ring substituents is 2. The van der Waals surface area contributed by atoms with E-state index >= 15 is 0 Å². The molecule has 11 heteroatoms. The first-order valence-electron chi connectivity index (χ1n) is 21.8. The van der Waals surface area contributed by atoms with Gasteiger partial charge in [-0.05, 0) is 85.1 Å². The number of rotatable bonds is 24. The molecule has 0 amide bonds. The van der Waals surface area contributed by atoms with Crippen LogP contribution in [-0.4, -0.2) is 46.7 Å². The summed E-state index contributed by atoms with van der Waals surface area (Å²) in [4.78, 5) is 49.6. The lowest BCUT2D eigenvalue weighted by atomic mass is 9.87. The smallest absolute Gasteiger partial charge is 0.270 e. The summed E-state index contributed by atoms with van der Waals surface area (Å²) in [5, 5.41) is 30.4. The Morgan fingerprint density at radius 3 is 1.14 bits per heavy atom. The van der Waals surface area contributed by atoms with Crippen LogP contribution >= 0.6 is 0 Å². The lowest BCUT2D eigenvalue weighted by Crippen LogP contribution is -2.51. The Labute approximate surface area is 380 Å². The molecular formula is C54H54N4O7. The van der Waals surface area contributed by atoms with Crippen molar-refractivity contribution in [1.82, 2.24) is 10.6 Å². The lowest BCUT2D eigenvalue weighted by Gasteiger charge is -2.37. The molecular weight excluding hydrogens is 817 g/mol. The normalized spacial score (nSPS) is 13.7. The Morgan fingerprint density at radius 1 is 0.523 bits per heavy atom. The van der Waals surface area contributed by atoms with Crippen molar-refractivity contribution < 1.29 is 24.2 Å². The van der Waals surface area contributed by atoms with Crippen molar-refractivity contribution in [2.75, 3.05) is 13.1 Å². The maximum absolute atomic E-state index is 13.5. The van der Waals surface area contributed by atoms with E-state index < -0.39 is 21.0 Å². The highest BCUT2D eigenvalue weighted by Gasteiger charge is 2.42. The monoisotopic (exact) mass is 870 g/mol. The molecule has 0 heterocycles. The van der Waals surface area contributed by atoms with Crippen molar-refractivity contribution in [2.24, 2.45) is 0 Å². The van der Waals surface area contributed by atoms with E-state index in [1.54, 1.807) is 50.3 Å². The summed E-state index contributed by atoms with van der Waals surface area (Å²) >= 11 is 0. The molecule has 0 aromatic heterocycles. The molecule has 6 rings (SSSR count). The molecule has 0 saturated heterocycles. The minimum absolute atomic E-state index is 0.0960. The largest absolute Gasteiger partial charge is 0.386 e. The highest BCUT2D eigenvalue weighted by molar-refractivity contribution is 5.77. The fourth-order valence-corrected chi connectivity index (χ4v) is 8.11. The predicted octanol–water partition coefficient (Wildman–Crippen LogP) is 11.2. The molecule has 11 nitrogen and oxygen atoms in total. The van der Waals surface area contributed by atoms with Crippen LogP contribution in [-0.2, 0) is 14.3 Å². The fourth-order valence-electron chi connectivity index (χ4n) is 8.11. The molecule has 0 spiro atoms. The van der Waals surface area contributed by atoms with Crippen molar-refractivity contribution in [3.8, 4) is 0 Å². The average molecular weight is 871 g/mol. The van der Waals surface area contributed by atoms with Gasteiger partial charge in [-0.15, -0.1) is 0 Å². The van der Waals surface area contributed by atoms with Crippen LogP contribution in [0.2, 0.25) is 0 Å². The van der Waals surface area contributed by atoms with E-state index in [0.717, 1.165) is 12.8 Å². The standard InChI is InChI=1S/C54H54N4O7/c1-53(39-59,51(37-41-19-15-29-47(35-41)57(61)62)55-33-17-31-49(43-21-7-3-8-22-43)44-23-9-4-10-24-44)65-54(2,40-60)52(38-42-20-16-30-48(36-42)58(63)64)56-34-18-32-50(45-25-11-5-12-26-45)46-27-13-6-14-28-46/h3-16,19-30,35-40,49-50,55-56H,17-18,31-34H2,1-2H3/b51-37-,52-38-. The molecule has 2 unspecified atom stereocenters. The van der Waals surface area contributed by atoms with Crippen molar-refractivity contribution >= 4 is 36.1 Å². The summed E-state index contributed by atoms with van der Waals surface area (Å²) < 4.78 is 6.72. The second kappa shape index (κ2) is 22.7. The Hall–Kier alpha value is -7.50. The van der Waals surface area contributed by atoms with Crippen molar-refractivity contribution in [3.63, 3.8) is 0 Å². The van der Waals surface area contributed by atoms with E-state index in [0.29, 0.717) is 49.6 Å². The summed E-state index contributed by atoms with van der Waals surface area (Å²) in [6.07, 6.45) is 7.30. The van der Waals surface area contributed by atoms with Gasteiger partial charge >= 0.3 is 0 Å². The molecule has 0 aliphatic rings. The number of nitro benzene ring substituents is 2. The Balaban J connectivity index is 1.31. The van der Waals surface area contributed by atoms with Crippen molar-refractivity contribution in [2.45, 2.75) is 62.6 Å². The molecule has 0 saturated carbocycles. The first-order valence-corrected chi connectivity index (χ1v) is 21.8. The molecule has 6 aromatic carbocycles. The molecule has 0 fully saturated rings. The predicted molar refractivity (Wildman–Crippen MR) is 256 cm³/mol. The first kappa shape index (κ1) is 47.0. The summed E-state index contributed by atoms with van der Waals surface area (Å²) in [5.74, 6) is 0.192. The fraction of sp³-hybridized carbons (Fsp3) is 0.222. The number of hydrogen-bond donors (Lipinski definition) is 2. The number of hydrogen-bond acceptors (Lipinski definition) is 9. The van der Waals surface area contributed by atoms with Gasteiger partial charge in [-0.3, -0.25) is 29.8 Å². The maximum Gasteiger partial charge on any atom is 0.270 e. The Kier molecular flexibility index (Phi) is 16.4. The third-order valence-corrected chi connectivity index (χ3v) is 11.5. The zero-order chi connectivity index (χ0) is 46.1. The van der Waals surface area contributed by atoms with Gasteiger partial charge in [-0.2, -0.15) is 0 Å². The average Bonchev–Trinajstić information content (AvgIpc) is 3.34. The van der Waals surface area contributed by atoms with Crippen LogP contribution in [0.1, 0.15) is 84.7 Å². The van der Waals surface area contributed by atoms with Gasteiger partial charge < -0.3 is 15.4 Å². The molecule has 2 N–H and O–H groups in total. The number of carbonyl (C=O) groups is 2. The molecule has 332 valence electrons. The van der Waals surface area contributed by atoms with Gasteiger partial charge in [0.1, 0.15) is 0 Å². The summed E-state index contributed by atoms with van der Waals surface area (Å²) in [6, 6.07) is 53.0. The zero-order valence-corrected chi connectivity index (χ0v) is 36.6. The molecule has 65 heavy (non-hydrogen) atoms. The van der Waals surface area contributed by atoms with E-state index in [-0.39, 0.29) is 34.6 Å². The van der Waals surface area contributed by atoms with Gasteiger partial charge in [-0.1, -0.05) is 146 Å². The summed E-state index contributed by atoms with van der Waals surface area (Å²) in [6.45, 7) is 3.87. The first-order chi connectivity index (χ1) is 31.5. The topological polar surface area (TPSA) is 154 Å². The SMILES string of the molecule is CC(C=O)(OC(C)(C=O)/C(=C/c1cccc([N+](=O)[O-])c1)NCCCC(c1ccccc1)c1ccccc1)/C(=C/c1cccc([N+](=O)[O-])c1)NCCCC(c1ccccc1)c1ccccc1. The van der Waals surface area contributed by atoms with E-state index in [1.807, 2.05) is 72.8 Å². The molecule has 6 aromatic rings. The third-order valence-electron chi connectivity index (χ3n) is 11.5. The van der Waals surface area contributed by atoms with Crippen LogP contribution in [0.3, 0.4) is 0 Å². The highest BCUT2D eigenvalue weighted by Crippen LogP contribution is 2.34. The lowest BCUT2D eigenvalue weighted by molar-refractivity contribution is -0.385. The van der Waals surface area contributed by atoms with Gasteiger partial charge in [0, 0.05) is 49.2 Å². The van der Waals surface area contributed by atoms with E-state index in [2.05, 4.69) is 59.2 Å². The van der Waals surface area contributed by atoms with Gasteiger partial charge in [0.2, 0.25) is 0 Å². The van der Waals surface area contributed by atoms with Crippen LogP contribution in [0.4, 0.5) is 11.4 Å². The summed E-state index contributed by atoms with van der Waals surface area (Å²) in [7, 11) is 0. The molecule has 2 atom stereocenters. The number of nitro groups is 2. The quantitative estimate of drug-likeness (QED) is 0.0262. The zero-order valence-electron chi connectivity index (χ0n) is 36.6. The second-order valence-electron chi connectivity index (χ2n) is 16.3. The highest BCUT2D eigenvalue weighted by atomic mass is 16.6. The number of nitrogens with one attached hydrogen (secondary N) is 2. The summed E-state index contributed by atoms with van der Waals surface area (Å²) in [5.41, 5.74) is 2.21. The van der Waals surface area contributed by atoms with Gasteiger partial charge in [0.05, 0.1) is 21.2 Å². The number of aldehydes is 2. The molecule has 0 radical (unpaired) electrons. The van der Waals surface area contributed by atoms with E-state index in [9.17, 15) is 29.8 Å². The van der Waals surface area contributed by atoms with E-state index in [4.69, 9.17) is 4.74 Å². The number of benzene rings is 6. The van der Waals surface area contributed by atoms with Crippen molar-refractivity contribution in [1.29, 1.82) is 0 Å². The Bertz CT molecular complexity index is 2310. The number of carbonyl (C=O) groups excluding carboxylic acids is 2. The van der Waals surface area contributed by atoms with Gasteiger partial charge in [0.25, 0.3) is 11.4 Å². The van der Waals surface area contributed by atoms with Crippen LogP contribution in [0.5, 0.6) is 0 Å². The maximum atomic E-state index is 13.5. The van der Waals surface area contributed by atoms with Crippen LogP contribution in [0.25, 0.3) is 12.2 Å². The molecule has 0 aliphatic carbocycles. The van der Waals surface area contributed by atoms with Crippen molar-refractivity contribution in [3.05, 3.63) is 235 Å². The van der Waals surface area contributed by atoms with Crippen LogP contribution < -0.4 is 10.6 Å². The molecule has 0 bridgehead atoms. The minimum Gasteiger partial charge on any atom is -0.386 e. The minimum atomic E-state index is -1.81. The number of nitrogens with zero attached hydrogens (tertiary/aromatic N) is 2. The van der Waals surface area contributed by atoms with Gasteiger partial charge in [-0.25, -0.2) is 0 Å². The van der Waals surface area contributed by atoms with Crippen LogP contribution in [0.15, 0.2) is 181 Å². The Morgan fingerprint density at radius 2 is 0.846 bits per heavy atom. The van der Waals surface area contributed by atoms with Crippen LogP contribution in [0, 0.1) is 20.2 Å².